The molecule has 3 aromatic rings. The minimum Gasteiger partial charge on any atom is -0.497 e. The van der Waals surface area contributed by atoms with E-state index in [0.717, 1.165) is 5.56 Å². The summed E-state index contributed by atoms with van der Waals surface area (Å²) in [7, 11) is 6.44. The van der Waals surface area contributed by atoms with Crippen molar-refractivity contribution in [3.8, 4) is 28.7 Å². The highest BCUT2D eigenvalue weighted by molar-refractivity contribution is 5.94. The molecule has 1 heterocycles. The minimum atomic E-state index is -0.120. The van der Waals surface area contributed by atoms with Gasteiger partial charge in [-0.05, 0) is 37.3 Å². The molecule has 0 spiro atoms. The Morgan fingerprint density at radius 1 is 1.03 bits per heavy atom. The molecule has 1 amide bonds. The first kappa shape index (κ1) is 20.3. The van der Waals surface area contributed by atoms with E-state index in [9.17, 15) is 4.79 Å². The van der Waals surface area contributed by atoms with E-state index in [1.54, 1.807) is 58.4 Å². The Labute approximate surface area is 169 Å². The fraction of sp³-hybridized carbons (Fsp3) is 0.273. The standard InChI is InChI=1S/C22H24N2O5/c1-14-18(23-22(29-14)15-7-6-8-17(11-15)26-3)13-21(25)24(2)16-9-10-19(27-4)20(12-16)28-5/h6-12H,13H2,1-5H3. The number of carbonyl (C=O) groups excluding carboxylic acids is 1. The summed E-state index contributed by atoms with van der Waals surface area (Å²) in [5.74, 6) is 2.82. The Morgan fingerprint density at radius 3 is 2.48 bits per heavy atom. The van der Waals surface area contributed by atoms with E-state index in [-0.39, 0.29) is 12.3 Å². The fourth-order valence-corrected chi connectivity index (χ4v) is 2.91. The zero-order chi connectivity index (χ0) is 21.0. The number of carbonyl (C=O) groups is 1. The number of aromatic nitrogens is 1. The average molecular weight is 396 g/mol. The Balaban J connectivity index is 1.79. The summed E-state index contributed by atoms with van der Waals surface area (Å²) in [6, 6.07) is 12.8. The first-order chi connectivity index (χ1) is 14.0. The molecule has 1 aromatic heterocycles. The number of oxazole rings is 1. The van der Waals surface area contributed by atoms with Gasteiger partial charge >= 0.3 is 0 Å². The van der Waals surface area contributed by atoms with Crippen molar-refractivity contribution in [1.29, 1.82) is 0 Å². The van der Waals surface area contributed by atoms with Crippen molar-refractivity contribution in [2.75, 3.05) is 33.3 Å². The minimum absolute atomic E-state index is 0.115. The molecule has 7 heteroatoms. The number of benzene rings is 2. The Bertz CT molecular complexity index is 1010. The van der Waals surface area contributed by atoms with Gasteiger partial charge < -0.3 is 23.5 Å². The van der Waals surface area contributed by atoms with E-state index in [1.165, 1.54) is 0 Å². The third-order valence-electron chi connectivity index (χ3n) is 4.66. The van der Waals surface area contributed by atoms with Gasteiger partial charge in [-0.25, -0.2) is 4.98 Å². The van der Waals surface area contributed by atoms with Gasteiger partial charge in [0.2, 0.25) is 11.8 Å². The third kappa shape index (κ3) is 4.34. The van der Waals surface area contributed by atoms with Crippen molar-refractivity contribution in [2.24, 2.45) is 0 Å². The van der Waals surface area contributed by atoms with Crippen LogP contribution < -0.4 is 19.1 Å². The molecular formula is C22H24N2O5. The maximum Gasteiger partial charge on any atom is 0.232 e. The third-order valence-corrected chi connectivity index (χ3v) is 4.66. The second-order valence-corrected chi connectivity index (χ2v) is 6.42. The van der Waals surface area contributed by atoms with Crippen molar-refractivity contribution < 1.29 is 23.4 Å². The maximum atomic E-state index is 12.8. The van der Waals surface area contributed by atoms with Crippen LogP contribution in [0.15, 0.2) is 46.9 Å². The normalized spacial score (nSPS) is 10.5. The SMILES string of the molecule is COc1cccc(-c2nc(CC(=O)N(C)c3ccc(OC)c(OC)c3)c(C)o2)c1. The molecule has 7 nitrogen and oxygen atoms in total. The quantitative estimate of drug-likeness (QED) is 0.603. The number of aryl methyl sites for hydroxylation is 1. The van der Waals surface area contributed by atoms with E-state index >= 15 is 0 Å². The first-order valence-corrected chi connectivity index (χ1v) is 9.06. The van der Waals surface area contributed by atoms with E-state index in [0.29, 0.717) is 40.3 Å². The van der Waals surface area contributed by atoms with Crippen LogP contribution in [0.1, 0.15) is 11.5 Å². The zero-order valence-electron chi connectivity index (χ0n) is 17.2. The molecule has 0 atom stereocenters. The van der Waals surface area contributed by atoms with Gasteiger partial charge in [-0.3, -0.25) is 4.79 Å². The maximum absolute atomic E-state index is 12.8. The van der Waals surface area contributed by atoms with E-state index in [4.69, 9.17) is 18.6 Å². The van der Waals surface area contributed by atoms with Gasteiger partial charge in [-0.15, -0.1) is 0 Å². The van der Waals surface area contributed by atoms with Gasteiger partial charge in [-0.2, -0.15) is 0 Å². The predicted molar refractivity (Wildman–Crippen MR) is 110 cm³/mol. The Morgan fingerprint density at radius 2 is 1.79 bits per heavy atom. The smallest absolute Gasteiger partial charge is 0.232 e. The van der Waals surface area contributed by atoms with Crippen molar-refractivity contribution in [1.82, 2.24) is 4.98 Å². The van der Waals surface area contributed by atoms with Crippen LogP contribution in [0.4, 0.5) is 5.69 Å². The van der Waals surface area contributed by atoms with Crippen LogP contribution in [-0.2, 0) is 11.2 Å². The second kappa shape index (κ2) is 8.68. The van der Waals surface area contributed by atoms with Crippen LogP contribution in [0.2, 0.25) is 0 Å². The molecule has 0 saturated carbocycles. The number of ether oxygens (including phenoxy) is 3. The molecule has 0 aliphatic rings. The largest absolute Gasteiger partial charge is 0.497 e. The van der Waals surface area contributed by atoms with Gasteiger partial charge in [0.1, 0.15) is 11.5 Å². The van der Waals surface area contributed by atoms with Crippen LogP contribution in [-0.4, -0.2) is 39.3 Å². The number of hydrogen-bond donors (Lipinski definition) is 0. The van der Waals surface area contributed by atoms with E-state index in [2.05, 4.69) is 4.98 Å². The summed E-state index contributed by atoms with van der Waals surface area (Å²) in [6.07, 6.45) is 0.115. The predicted octanol–water partition coefficient (Wildman–Crippen LogP) is 3.88. The van der Waals surface area contributed by atoms with Crippen LogP contribution in [0.25, 0.3) is 11.5 Å². The van der Waals surface area contributed by atoms with Crippen LogP contribution in [0.3, 0.4) is 0 Å². The molecule has 152 valence electrons. The topological polar surface area (TPSA) is 74.0 Å². The van der Waals surface area contributed by atoms with Crippen molar-refractivity contribution in [3.05, 3.63) is 53.9 Å². The summed E-state index contributed by atoms with van der Waals surface area (Å²) in [6.45, 7) is 1.80. The van der Waals surface area contributed by atoms with Gasteiger partial charge in [0.25, 0.3) is 0 Å². The fourth-order valence-electron chi connectivity index (χ4n) is 2.91. The summed E-state index contributed by atoms with van der Waals surface area (Å²) in [5.41, 5.74) is 2.08. The van der Waals surface area contributed by atoms with Crippen molar-refractivity contribution >= 4 is 11.6 Å². The molecule has 0 N–H and O–H groups in total. The molecule has 0 unspecified atom stereocenters. The number of likely N-dealkylation sites (N-methyl/N-ethyl adjacent to an activating group) is 1. The zero-order valence-corrected chi connectivity index (χ0v) is 17.2. The lowest BCUT2D eigenvalue weighted by Crippen LogP contribution is -2.28. The van der Waals surface area contributed by atoms with Crippen LogP contribution >= 0.6 is 0 Å². The van der Waals surface area contributed by atoms with Gasteiger partial charge in [0.05, 0.1) is 33.4 Å². The molecule has 0 radical (unpaired) electrons. The summed E-state index contributed by atoms with van der Waals surface area (Å²) < 4.78 is 21.6. The molecule has 0 fully saturated rings. The van der Waals surface area contributed by atoms with Crippen molar-refractivity contribution in [3.63, 3.8) is 0 Å². The summed E-state index contributed by atoms with van der Waals surface area (Å²) >= 11 is 0. The highest BCUT2D eigenvalue weighted by atomic mass is 16.5. The molecule has 0 aliphatic heterocycles. The van der Waals surface area contributed by atoms with E-state index in [1.807, 2.05) is 24.3 Å². The lowest BCUT2D eigenvalue weighted by atomic mass is 10.2. The molecule has 2 aromatic carbocycles. The lowest BCUT2D eigenvalue weighted by Gasteiger charge is -2.18. The second-order valence-electron chi connectivity index (χ2n) is 6.42. The molecule has 0 bridgehead atoms. The number of anilines is 1. The van der Waals surface area contributed by atoms with Gasteiger partial charge in [-0.1, -0.05) is 6.07 Å². The van der Waals surface area contributed by atoms with Crippen LogP contribution in [0.5, 0.6) is 17.2 Å². The highest BCUT2D eigenvalue weighted by Gasteiger charge is 2.19. The highest BCUT2D eigenvalue weighted by Crippen LogP contribution is 2.31. The molecule has 29 heavy (non-hydrogen) atoms. The summed E-state index contributed by atoms with van der Waals surface area (Å²) in [5, 5.41) is 0. The van der Waals surface area contributed by atoms with Gasteiger partial charge in [0, 0.05) is 24.4 Å². The summed E-state index contributed by atoms with van der Waals surface area (Å²) in [4.78, 5) is 18.9. The number of methoxy groups -OCH3 is 3. The first-order valence-electron chi connectivity index (χ1n) is 9.06. The average Bonchev–Trinajstić information content (AvgIpc) is 3.12. The van der Waals surface area contributed by atoms with Crippen molar-refractivity contribution in [2.45, 2.75) is 13.3 Å². The lowest BCUT2D eigenvalue weighted by molar-refractivity contribution is -0.117. The number of amides is 1. The molecule has 0 saturated heterocycles. The Kier molecular flexibility index (Phi) is 6.07. The number of hydrogen-bond acceptors (Lipinski definition) is 6. The molecule has 0 aliphatic carbocycles. The van der Waals surface area contributed by atoms with E-state index < -0.39 is 0 Å². The van der Waals surface area contributed by atoms with Gasteiger partial charge in [0.15, 0.2) is 11.5 Å². The molecule has 3 rings (SSSR count). The monoisotopic (exact) mass is 396 g/mol. The molecular weight excluding hydrogens is 372 g/mol. The number of nitrogens with zero attached hydrogens (tertiary/aromatic N) is 2. The van der Waals surface area contributed by atoms with Crippen LogP contribution in [0, 0.1) is 6.92 Å². The number of rotatable bonds is 7. The Hall–Kier alpha value is -3.48.